The molecule has 0 aliphatic carbocycles. The van der Waals surface area contributed by atoms with E-state index in [0.29, 0.717) is 0 Å². The quantitative estimate of drug-likeness (QED) is 0.142. The van der Waals surface area contributed by atoms with Gasteiger partial charge in [0.05, 0.1) is 0 Å². The zero-order valence-electron chi connectivity index (χ0n) is 32.6. The average Bonchev–Trinajstić information content (AvgIpc) is 3.33. The van der Waals surface area contributed by atoms with E-state index in [1.165, 1.54) is 77.5 Å². The van der Waals surface area contributed by atoms with Crippen molar-refractivity contribution in [1.82, 2.24) is 0 Å². The maximum Gasteiger partial charge on any atom is 0.0462 e. The van der Waals surface area contributed by atoms with Crippen LogP contribution >= 0.6 is 0 Å². The minimum atomic E-state index is 1.10. The van der Waals surface area contributed by atoms with E-state index < -0.39 is 0 Å². The summed E-state index contributed by atoms with van der Waals surface area (Å²) >= 11 is 0. The van der Waals surface area contributed by atoms with Crippen LogP contribution in [0.3, 0.4) is 0 Å². The fourth-order valence-electron chi connectivity index (χ4n) is 8.28. The van der Waals surface area contributed by atoms with Crippen LogP contribution in [-0.4, -0.2) is 0 Å². The van der Waals surface area contributed by atoms with Gasteiger partial charge in [-0.3, -0.25) is 0 Å². The van der Waals surface area contributed by atoms with Gasteiger partial charge < -0.3 is 4.90 Å². The number of anilines is 3. The highest BCUT2D eigenvalue weighted by Crippen LogP contribution is 2.41. The van der Waals surface area contributed by atoms with Gasteiger partial charge in [0.2, 0.25) is 0 Å². The first-order valence-electron chi connectivity index (χ1n) is 20.2. The highest BCUT2D eigenvalue weighted by Gasteiger charge is 2.16. The van der Waals surface area contributed by atoms with Crippen LogP contribution in [0.15, 0.2) is 249 Å². The van der Waals surface area contributed by atoms with Crippen LogP contribution in [0.25, 0.3) is 77.5 Å². The van der Waals surface area contributed by atoms with Crippen LogP contribution in [0.4, 0.5) is 17.1 Å². The van der Waals surface area contributed by atoms with Crippen LogP contribution in [-0.2, 0) is 0 Å². The summed E-state index contributed by atoms with van der Waals surface area (Å²) in [6.45, 7) is 0. The molecule has 10 rings (SSSR count). The lowest BCUT2D eigenvalue weighted by Gasteiger charge is -2.26. The van der Waals surface area contributed by atoms with E-state index in [1.54, 1.807) is 0 Å². The molecule has 59 heavy (non-hydrogen) atoms. The lowest BCUT2D eigenvalue weighted by Crippen LogP contribution is -2.09. The van der Waals surface area contributed by atoms with Gasteiger partial charge in [-0.15, -0.1) is 0 Å². The monoisotopic (exact) mass is 751 g/mol. The van der Waals surface area contributed by atoms with E-state index in [2.05, 4.69) is 254 Å². The smallest absolute Gasteiger partial charge is 0.0462 e. The van der Waals surface area contributed by atoms with Gasteiger partial charge in [-0.05, 0) is 120 Å². The first-order chi connectivity index (χ1) is 29.2. The molecule has 0 spiro atoms. The van der Waals surface area contributed by atoms with Gasteiger partial charge in [0.1, 0.15) is 0 Å². The number of fused-ring (bicyclic) bond motifs is 1. The first-order valence-corrected chi connectivity index (χ1v) is 20.2. The lowest BCUT2D eigenvalue weighted by atomic mass is 9.91. The van der Waals surface area contributed by atoms with Crippen molar-refractivity contribution in [2.24, 2.45) is 0 Å². The molecular formula is C58H41N. The van der Waals surface area contributed by atoms with Crippen molar-refractivity contribution < 1.29 is 0 Å². The molecule has 0 unspecified atom stereocenters. The van der Waals surface area contributed by atoms with E-state index in [9.17, 15) is 0 Å². The van der Waals surface area contributed by atoms with Gasteiger partial charge in [-0.1, -0.05) is 206 Å². The highest BCUT2D eigenvalue weighted by molar-refractivity contribution is 6.06. The molecule has 1 heteroatoms. The zero-order chi connectivity index (χ0) is 39.4. The van der Waals surface area contributed by atoms with Gasteiger partial charge in [0.25, 0.3) is 0 Å². The molecule has 0 atom stereocenters. The van der Waals surface area contributed by atoms with E-state index in [1.807, 2.05) is 0 Å². The second kappa shape index (κ2) is 16.0. The van der Waals surface area contributed by atoms with Crippen LogP contribution in [0.5, 0.6) is 0 Å². The molecular weight excluding hydrogens is 711 g/mol. The van der Waals surface area contributed by atoms with Crippen molar-refractivity contribution in [2.45, 2.75) is 0 Å². The Kier molecular flexibility index (Phi) is 9.68. The Labute approximate surface area is 346 Å². The van der Waals surface area contributed by atoms with Gasteiger partial charge in [-0.2, -0.15) is 0 Å². The molecule has 1 nitrogen and oxygen atoms in total. The van der Waals surface area contributed by atoms with Crippen molar-refractivity contribution >= 4 is 27.8 Å². The molecule has 0 bridgehead atoms. The third-order valence-electron chi connectivity index (χ3n) is 11.3. The zero-order valence-corrected chi connectivity index (χ0v) is 32.6. The summed E-state index contributed by atoms with van der Waals surface area (Å²) in [5.74, 6) is 0. The first kappa shape index (κ1) is 35.7. The predicted molar refractivity (Wildman–Crippen MR) is 251 cm³/mol. The summed E-state index contributed by atoms with van der Waals surface area (Å²) in [4.78, 5) is 2.35. The number of rotatable bonds is 9. The predicted octanol–water partition coefficient (Wildman–Crippen LogP) is 16.3. The summed E-state index contributed by atoms with van der Waals surface area (Å²) in [5.41, 5.74) is 17.8. The fraction of sp³-hybridized carbons (Fsp3) is 0. The molecule has 0 heterocycles. The van der Waals surface area contributed by atoms with Crippen molar-refractivity contribution in [3.63, 3.8) is 0 Å². The Hall–Kier alpha value is -7.74. The molecule has 10 aromatic rings. The van der Waals surface area contributed by atoms with E-state index in [4.69, 9.17) is 0 Å². The molecule has 0 aliphatic heterocycles. The molecule has 0 radical (unpaired) electrons. The second-order valence-corrected chi connectivity index (χ2v) is 14.9. The Balaban J connectivity index is 0.995. The fourth-order valence-corrected chi connectivity index (χ4v) is 8.28. The second-order valence-electron chi connectivity index (χ2n) is 14.9. The highest BCUT2D eigenvalue weighted by atomic mass is 15.1. The third kappa shape index (κ3) is 7.34. The maximum atomic E-state index is 2.35. The third-order valence-corrected chi connectivity index (χ3v) is 11.3. The number of hydrogen-bond donors (Lipinski definition) is 0. The largest absolute Gasteiger partial charge is 0.311 e. The van der Waals surface area contributed by atoms with Gasteiger partial charge in [0, 0.05) is 17.1 Å². The average molecular weight is 752 g/mol. The Bertz CT molecular complexity index is 2970. The van der Waals surface area contributed by atoms with Gasteiger partial charge >= 0.3 is 0 Å². The summed E-state index contributed by atoms with van der Waals surface area (Å²) in [5, 5.41) is 2.51. The molecule has 0 fully saturated rings. The minimum absolute atomic E-state index is 1.10. The standard InChI is InChI=1S/C58H41N/c1-4-13-42(14-5-1)44-25-27-46(28-26-44)51-21-10-22-52(41-51)47-31-37-54(38-32-47)59(53-35-29-45(30-36-53)43-15-6-2-7-16-43)55-39-33-49(34-40-55)57-24-12-20-50-19-11-23-56(58(50)57)48-17-8-3-9-18-48/h1-41H. The van der Waals surface area contributed by atoms with Crippen LogP contribution in [0.2, 0.25) is 0 Å². The summed E-state index contributed by atoms with van der Waals surface area (Å²) in [7, 11) is 0. The van der Waals surface area contributed by atoms with E-state index >= 15 is 0 Å². The number of benzene rings is 10. The Morgan fingerprint density at radius 3 is 0.915 bits per heavy atom. The van der Waals surface area contributed by atoms with Crippen molar-refractivity contribution in [3.8, 4) is 66.8 Å². The minimum Gasteiger partial charge on any atom is -0.311 e. The van der Waals surface area contributed by atoms with Crippen LogP contribution in [0, 0.1) is 0 Å². The summed E-state index contributed by atoms with van der Waals surface area (Å²) in [6, 6.07) is 89.7. The summed E-state index contributed by atoms with van der Waals surface area (Å²) in [6.07, 6.45) is 0. The van der Waals surface area contributed by atoms with Crippen molar-refractivity contribution in [2.75, 3.05) is 4.90 Å². The topological polar surface area (TPSA) is 3.24 Å². The van der Waals surface area contributed by atoms with Crippen molar-refractivity contribution in [3.05, 3.63) is 249 Å². The molecule has 0 aromatic heterocycles. The van der Waals surface area contributed by atoms with Crippen LogP contribution in [0.1, 0.15) is 0 Å². The molecule has 0 saturated heterocycles. The Morgan fingerprint density at radius 2 is 0.492 bits per heavy atom. The maximum absolute atomic E-state index is 2.35. The van der Waals surface area contributed by atoms with Gasteiger partial charge in [0.15, 0.2) is 0 Å². The molecule has 278 valence electrons. The summed E-state index contributed by atoms with van der Waals surface area (Å²) < 4.78 is 0. The number of hydrogen-bond acceptors (Lipinski definition) is 1. The van der Waals surface area contributed by atoms with E-state index in [-0.39, 0.29) is 0 Å². The molecule has 10 aromatic carbocycles. The van der Waals surface area contributed by atoms with Crippen molar-refractivity contribution in [1.29, 1.82) is 0 Å². The Morgan fingerprint density at radius 1 is 0.203 bits per heavy atom. The normalized spacial score (nSPS) is 11.1. The molecule has 0 aliphatic rings. The molecule has 0 saturated carbocycles. The lowest BCUT2D eigenvalue weighted by molar-refractivity contribution is 1.28. The molecule has 0 amide bonds. The number of nitrogens with zero attached hydrogens (tertiary/aromatic N) is 1. The van der Waals surface area contributed by atoms with E-state index in [0.717, 1.165) is 17.1 Å². The molecule has 0 N–H and O–H groups in total. The van der Waals surface area contributed by atoms with Gasteiger partial charge in [-0.25, -0.2) is 0 Å². The SMILES string of the molecule is c1ccc(-c2ccc(-c3cccc(-c4ccc(N(c5ccc(-c6ccccc6)cc5)c5ccc(-c6cccc7cccc(-c8ccccc8)c67)cc5)cc4)c3)cc2)cc1. The van der Waals surface area contributed by atoms with Crippen LogP contribution < -0.4 is 4.90 Å².